The molecule has 0 saturated carbocycles. The highest BCUT2D eigenvalue weighted by Crippen LogP contribution is 2.10. The third-order valence-corrected chi connectivity index (χ3v) is 5.03. The lowest BCUT2D eigenvalue weighted by Crippen LogP contribution is -2.41. The minimum atomic E-state index is -2.94. The molecule has 14 heavy (non-hydrogen) atoms. The molecule has 0 heterocycles. The molecule has 0 aromatic carbocycles. The van der Waals surface area contributed by atoms with Crippen molar-refractivity contribution in [1.82, 2.24) is 5.32 Å². The van der Waals surface area contributed by atoms with Crippen molar-refractivity contribution in [2.45, 2.75) is 45.9 Å². The fourth-order valence-electron chi connectivity index (χ4n) is 1.42. The van der Waals surface area contributed by atoms with Gasteiger partial charge in [-0.25, -0.2) is 8.42 Å². The minimum absolute atomic E-state index is 0.0312. The first-order valence-electron chi connectivity index (χ1n) is 5.26. The molecule has 0 aromatic rings. The van der Waals surface area contributed by atoms with Gasteiger partial charge >= 0.3 is 0 Å². The Labute approximate surface area is 88.2 Å². The van der Waals surface area contributed by atoms with Crippen LogP contribution in [0.5, 0.6) is 0 Å². The molecule has 3 nitrogen and oxygen atoms in total. The van der Waals surface area contributed by atoms with Gasteiger partial charge in [-0.05, 0) is 26.3 Å². The number of hydrogen-bond acceptors (Lipinski definition) is 3. The van der Waals surface area contributed by atoms with E-state index in [1.165, 1.54) is 0 Å². The summed E-state index contributed by atoms with van der Waals surface area (Å²) < 4.78 is 23.6. The van der Waals surface area contributed by atoms with E-state index in [1.54, 1.807) is 6.92 Å². The van der Waals surface area contributed by atoms with Gasteiger partial charge in [-0.2, -0.15) is 0 Å². The molecule has 2 unspecified atom stereocenters. The highest BCUT2D eigenvalue weighted by atomic mass is 32.2. The Morgan fingerprint density at radius 1 is 1.14 bits per heavy atom. The van der Waals surface area contributed by atoms with Crippen LogP contribution in [-0.4, -0.2) is 32.0 Å². The van der Waals surface area contributed by atoms with E-state index in [-0.39, 0.29) is 23.0 Å². The maximum Gasteiger partial charge on any atom is 0.154 e. The van der Waals surface area contributed by atoms with Crippen LogP contribution < -0.4 is 5.32 Å². The molecule has 0 spiro atoms. The van der Waals surface area contributed by atoms with Crippen LogP contribution in [0.4, 0.5) is 0 Å². The average Bonchev–Trinajstić information content (AvgIpc) is 2.01. The lowest BCUT2D eigenvalue weighted by atomic mass is 10.2. The normalized spacial score (nSPS) is 17.0. The molecule has 0 aliphatic heterocycles. The molecular weight excluding hydrogens is 198 g/mol. The van der Waals surface area contributed by atoms with Crippen LogP contribution in [-0.2, 0) is 9.84 Å². The van der Waals surface area contributed by atoms with Gasteiger partial charge in [0.05, 0.1) is 11.0 Å². The monoisotopic (exact) mass is 221 g/mol. The summed E-state index contributed by atoms with van der Waals surface area (Å²) in [6, 6.07) is 0.0312. The van der Waals surface area contributed by atoms with Crippen molar-refractivity contribution in [3.63, 3.8) is 0 Å². The van der Waals surface area contributed by atoms with Crippen LogP contribution in [0.15, 0.2) is 0 Å². The first kappa shape index (κ1) is 13.9. The summed E-state index contributed by atoms with van der Waals surface area (Å²) >= 11 is 0. The third kappa shape index (κ3) is 4.42. The summed E-state index contributed by atoms with van der Waals surface area (Å²) in [6.07, 6.45) is 0. The molecule has 0 radical (unpaired) electrons. The van der Waals surface area contributed by atoms with Gasteiger partial charge < -0.3 is 5.32 Å². The molecule has 0 rings (SSSR count). The molecule has 0 aliphatic carbocycles. The summed E-state index contributed by atoms with van der Waals surface area (Å²) in [5.74, 6) is 0.487. The maximum atomic E-state index is 11.8. The molecule has 0 saturated heterocycles. The Hall–Kier alpha value is -0.0900. The second-order valence-electron chi connectivity index (χ2n) is 4.27. The van der Waals surface area contributed by atoms with E-state index < -0.39 is 9.84 Å². The van der Waals surface area contributed by atoms with Crippen LogP contribution in [0.1, 0.15) is 34.6 Å². The largest absolute Gasteiger partial charge is 0.313 e. The fraction of sp³-hybridized carbons (Fsp3) is 1.00. The number of sulfone groups is 1. The zero-order valence-corrected chi connectivity index (χ0v) is 10.7. The predicted molar refractivity (Wildman–Crippen MR) is 61.2 cm³/mol. The quantitative estimate of drug-likeness (QED) is 0.738. The lowest BCUT2D eigenvalue weighted by molar-refractivity contribution is 0.515. The zero-order valence-electron chi connectivity index (χ0n) is 9.87. The fourth-order valence-corrected chi connectivity index (χ4v) is 3.37. The Morgan fingerprint density at radius 2 is 1.64 bits per heavy atom. The Morgan fingerprint density at radius 3 is 2.00 bits per heavy atom. The topological polar surface area (TPSA) is 46.2 Å². The van der Waals surface area contributed by atoms with E-state index in [0.717, 1.165) is 6.54 Å². The molecule has 0 bridgehead atoms. The molecule has 0 fully saturated rings. The number of nitrogens with one attached hydrogen (secondary N) is 1. The molecule has 4 heteroatoms. The van der Waals surface area contributed by atoms with Crippen molar-refractivity contribution in [3.8, 4) is 0 Å². The molecular formula is C10H23NO2S. The van der Waals surface area contributed by atoms with Crippen molar-refractivity contribution < 1.29 is 8.42 Å². The van der Waals surface area contributed by atoms with Crippen molar-refractivity contribution in [1.29, 1.82) is 0 Å². The van der Waals surface area contributed by atoms with E-state index in [4.69, 9.17) is 0 Å². The van der Waals surface area contributed by atoms with Crippen molar-refractivity contribution in [2.24, 2.45) is 5.92 Å². The van der Waals surface area contributed by atoms with E-state index in [0.29, 0.717) is 0 Å². The van der Waals surface area contributed by atoms with Gasteiger partial charge in [-0.15, -0.1) is 0 Å². The zero-order chi connectivity index (χ0) is 11.4. The average molecular weight is 221 g/mol. The summed E-state index contributed by atoms with van der Waals surface area (Å²) in [5.41, 5.74) is 0. The van der Waals surface area contributed by atoms with Gasteiger partial charge in [-0.3, -0.25) is 0 Å². The number of rotatable bonds is 6. The van der Waals surface area contributed by atoms with Gasteiger partial charge in [0, 0.05) is 6.04 Å². The van der Waals surface area contributed by atoms with E-state index >= 15 is 0 Å². The summed E-state index contributed by atoms with van der Waals surface area (Å²) in [6.45, 7) is 10.4. The van der Waals surface area contributed by atoms with Crippen LogP contribution in [0.25, 0.3) is 0 Å². The van der Waals surface area contributed by atoms with Gasteiger partial charge in [0.25, 0.3) is 0 Å². The third-order valence-electron chi connectivity index (χ3n) is 2.36. The Kier molecular flexibility index (Phi) is 5.67. The molecule has 86 valence electrons. The Bertz CT molecular complexity index is 247. The van der Waals surface area contributed by atoms with Crippen LogP contribution in [0.2, 0.25) is 0 Å². The second kappa shape index (κ2) is 5.71. The van der Waals surface area contributed by atoms with Gasteiger partial charge in [0.15, 0.2) is 9.84 Å². The van der Waals surface area contributed by atoms with E-state index in [9.17, 15) is 8.42 Å². The van der Waals surface area contributed by atoms with Crippen molar-refractivity contribution in [3.05, 3.63) is 0 Å². The molecule has 0 aliphatic rings. The predicted octanol–water partition coefficient (Wildman–Crippen LogP) is 1.44. The highest BCUT2D eigenvalue weighted by Gasteiger charge is 2.26. The number of hydrogen-bond donors (Lipinski definition) is 1. The first-order valence-corrected chi connectivity index (χ1v) is 6.97. The molecule has 1 N–H and O–H groups in total. The van der Waals surface area contributed by atoms with Crippen molar-refractivity contribution >= 4 is 9.84 Å². The van der Waals surface area contributed by atoms with E-state index in [1.807, 2.05) is 27.7 Å². The van der Waals surface area contributed by atoms with Gasteiger partial charge in [-0.1, -0.05) is 20.8 Å². The minimum Gasteiger partial charge on any atom is -0.313 e. The van der Waals surface area contributed by atoms with Crippen LogP contribution >= 0.6 is 0 Å². The van der Waals surface area contributed by atoms with Crippen molar-refractivity contribution in [2.75, 3.05) is 12.3 Å². The van der Waals surface area contributed by atoms with Crippen LogP contribution in [0.3, 0.4) is 0 Å². The SMILES string of the molecule is CCNC(C)C(C)S(=O)(=O)CC(C)C. The highest BCUT2D eigenvalue weighted by molar-refractivity contribution is 7.92. The van der Waals surface area contributed by atoms with Gasteiger partial charge in [0.2, 0.25) is 0 Å². The van der Waals surface area contributed by atoms with Crippen LogP contribution in [0, 0.1) is 5.92 Å². The maximum absolute atomic E-state index is 11.8. The van der Waals surface area contributed by atoms with E-state index in [2.05, 4.69) is 5.32 Å². The molecule has 0 aromatic heterocycles. The standard InChI is InChI=1S/C10H23NO2S/c1-6-11-9(4)10(5)14(12,13)7-8(2)3/h8-11H,6-7H2,1-5H3. The first-order chi connectivity index (χ1) is 6.31. The molecule has 2 atom stereocenters. The Balaban J connectivity index is 4.42. The molecule has 0 amide bonds. The second-order valence-corrected chi connectivity index (χ2v) is 6.68. The summed E-state index contributed by atoms with van der Waals surface area (Å²) in [5, 5.41) is 2.84. The van der Waals surface area contributed by atoms with Gasteiger partial charge in [0.1, 0.15) is 0 Å². The lowest BCUT2D eigenvalue weighted by Gasteiger charge is -2.21. The summed E-state index contributed by atoms with van der Waals surface area (Å²) in [4.78, 5) is 0. The smallest absolute Gasteiger partial charge is 0.154 e. The summed E-state index contributed by atoms with van der Waals surface area (Å²) in [7, 11) is -2.94.